The Kier molecular flexibility index (Phi) is 7.39. The van der Waals surface area contributed by atoms with Crippen LogP contribution in [0.4, 0.5) is 0 Å². The predicted molar refractivity (Wildman–Crippen MR) is 114 cm³/mol. The molecular formula is C24H25N3O4. The maximum atomic E-state index is 12.8. The van der Waals surface area contributed by atoms with Gasteiger partial charge >= 0.3 is 5.97 Å². The third kappa shape index (κ3) is 5.92. The molecule has 0 unspecified atom stereocenters. The molecular weight excluding hydrogens is 394 g/mol. The number of likely N-dealkylation sites (tertiary alicyclic amines) is 1. The van der Waals surface area contributed by atoms with E-state index in [4.69, 9.17) is 10.4 Å². The Morgan fingerprint density at radius 3 is 2.65 bits per heavy atom. The van der Waals surface area contributed by atoms with Crippen LogP contribution in [0, 0.1) is 17.2 Å². The van der Waals surface area contributed by atoms with Crippen LogP contribution in [-0.2, 0) is 16.0 Å². The molecule has 1 heterocycles. The van der Waals surface area contributed by atoms with E-state index in [1.807, 2.05) is 36.4 Å². The summed E-state index contributed by atoms with van der Waals surface area (Å²) >= 11 is 0. The van der Waals surface area contributed by atoms with Gasteiger partial charge in [-0.25, -0.2) is 0 Å². The van der Waals surface area contributed by atoms with Crippen LogP contribution in [0.25, 0.3) is 0 Å². The molecule has 2 aromatic rings. The minimum absolute atomic E-state index is 0.166. The number of carbonyl (C=O) groups is 3. The van der Waals surface area contributed by atoms with Gasteiger partial charge in [0.15, 0.2) is 0 Å². The molecule has 0 aliphatic carbocycles. The number of amides is 2. The molecule has 0 radical (unpaired) electrons. The Labute approximate surface area is 181 Å². The Morgan fingerprint density at radius 1 is 1.16 bits per heavy atom. The molecule has 0 aromatic heterocycles. The van der Waals surface area contributed by atoms with Crippen molar-refractivity contribution in [2.45, 2.75) is 31.7 Å². The Balaban J connectivity index is 1.63. The predicted octanol–water partition coefficient (Wildman–Crippen LogP) is 2.61. The van der Waals surface area contributed by atoms with Crippen LogP contribution >= 0.6 is 0 Å². The Morgan fingerprint density at radius 2 is 1.94 bits per heavy atom. The van der Waals surface area contributed by atoms with E-state index in [0.29, 0.717) is 24.1 Å². The molecule has 1 fully saturated rings. The SMILES string of the molecule is N#Cc1cccc(C(=O)NC[C@@H]2C[C@@H](CC(=O)O)C(=O)N2CCCc2ccccc2)c1. The van der Waals surface area contributed by atoms with Gasteiger partial charge < -0.3 is 15.3 Å². The average Bonchev–Trinajstić information content (AvgIpc) is 3.06. The lowest BCUT2D eigenvalue weighted by molar-refractivity contribution is -0.142. The van der Waals surface area contributed by atoms with Crippen molar-refractivity contribution in [1.29, 1.82) is 5.26 Å². The third-order valence-electron chi connectivity index (χ3n) is 5.51. The molecule has 1 aliphatic rings. The number of benzene rings is 2. The van der Waals surface area contributed by atoms with E-state index in [1.54, 1.807) is 23.1 Å². The zero-order chi connectivity index (χ0) is 22.2. The second-order valence-corrected chi connectivity index (χ2v) is 7.71. The van der Waals surface area contributed by atoms with Crippen LogP contribution in [0.15, 0.2) is 54.6 Å². The second-order valence-electron chi connectivity index (χ2n) is 7.71. The highest BCUT2D eigenvalue weighted by atomic mass is 16.4. The number of nitriles is 1. The van der Waals surface area contributed by atoms with E-state index >= 15 is 0 Å². The summed E-state index contributed by atoms with van der Waals surface area (Å²) in [4.78, 5) is 38.2. The van der Waals surface area contributed by atoms with Crippen molar-refractivity contribution in [3.05, 3.63) is 71.3 Å². The van der Waals surface area contributed by atoms with Crippen molar-refractivity contribution in [2.24, 2.45) is 5.92 Å². The minimum Gasteiger partial charge on any atom is -0.481 e. The molecule has 0 bridgehead atoms. The molecule has 1 saturated heterocycles. The lowest BCUT2D eigenvalue weighted by Gasteiger charge is -2.25. The number of aryl methyl sites for hydroxylation is 1. The van der Waals surface area contributed by atoms with Crippen molar-refractivity contribution in [3.63, 3.8) is 0 Å². The molecule has 31 heavy (non-hydrogen) atoms. The number of nitrogens with zero attached hydrogens (tertiary/aromatic N) is 2. The Hall–Kier alpha value is -3.66. The number of carboxylic acids is 1. The summed E-state index contributed by atoms with van der Waals surface area (Å²) in [5.74, 6) is -2.06. The first-order valence-corrected chi connectivity index (χ1v) is 10.3. The molecule has 2 aromatic carbocycles. The molecule has 160 valence electrons. The molecule has 0 spiro atoms. The summed E-state index contributed by atoms with van der Waals surface area (Å²) < 4.78 is 0. The number of carbonyl (C=O) groups excluding carboxylic acids is 2. The lowest BCUT2D eigenvalue weighted by Crippen LogP contribution is -2.42. The van der Waals surface area contributed by atoms with E-state index in [1.165, 1.54) is 11.6 Å². The summed E-state index contributed by atoms with van der Waals surface area (Å²) in [6.45, 7) is 0.747. The van der Waals surface area contributed by atoms with Gasteiger partial charge in [-0.2, -0.15) is 5.26 Å². The van der Waals surface area contributed by atoms with Crippen molar-refractivity contribution in [1.82, 2.24) is 10.2 Å². The lowest BCUT2D eigenvalue weighted by atomic mass is 10.0. The molecule has 2 atom stereocenters. The maximum Gasteiger partial charge on any atom is 0.304 e. The van der Waals surface area contributed by atoms with Crippen molar-refractivity contribution in [2.75, 3.05) is 13.1 Å². The fraction of sp³-hybridized carbons (Fsp3) is 0.333. The van der Waals surface area contributed by atoms with E-state index in [9.17, 15) is 14.4 Å². The average molecular weight is 419 g/mol. The van der Waals surface area contributed by atoms with Gasteiger partial charge in [-0.3, -0.25) is 14.4 Å². The standard InChI is InChI=1S/C24H25N3O4/c25-15-18-8-4-10-19(12-18)23(30)26-16-21-13-20(14-22(28)29)24(31)27(21)11-5-9-17-6-2-1-3-7-17/h1-4,6-8,10,12,20-21H,5,9,11,13-14,16H2,(H,26,30)(H,28,29)/t20-,21-/m0/s1. The third-order valence-corrected chi connectivity index (χ3v) is 5.51. The monoisotopic (exact) mass is 419 g/mol. The summed E-state index contributed by atoms with van der Waals surface area (Å²) in [7, 11) is 0. The topological polar surface area (TPSA) is 111 Å². The van der Waals surface area contributed by atoms with Crippen LogP contribution in [-0.4, -0.2) is 46.9 Å². The fourth-order valence-corrected chi connectivity index (χ4v) is 3.98. The van der Waals surface area contributed by atoms with Gasteiger partial charge in [-0.05, 0) is 43.0 Å². The van der Waals surface area contributed by atoms with E-state index in [-0.39, 0.29) is 30.8 Å². The summed E-state index contributed by atoms with van der Waals surface area (Å²) in [6.07, 6.45) is 1.76. The summed E-state index contributed by atoms with van der Waals surface area (Å²) in [5.41, 5.74) is 1.95. The highest BCUT2D eigenvalue weighted by Crippen LogP contribution is 2.27. The molecule has 1 aliphatic heterocycles. The van der Waals surface area contributed by atoms with Gasteiger partial charge in [0, 0.05) is 24.7 Å². The first kappa shape index (κ1) is 22.0. The van der Waals surface area contributed by atoms with Crippen LogP contribution < -0.4 is 5.32 Å². The zero-order valence-electron chi connectivity index (χ0n) is 17.2. The Bertz CT molecular complexity index is 984. The van der Waals surface area contributed by atoms with Crippen molar-refractivity contribution in [3.8, 4) is 6.07 Å². The molecule has 7 heteroatoms. The van der Waals surface area contributed by atoms with Crippen molar-refractivity contribution < 1.29 is 19.5 Å². The van der Waals surface area contributed by atoms with Gasteiger partial charge in [-0.1, -0.05) is 36.4 Å². The first-order valence-electron chi connectivity index (χ1n) is 10.3. The number of hydrogen-bond acceptors (Lipinski definition) is 4. The summed E-state index contributed by atoms with van der Waals surface area (Å²) in [6, 6.07) is 18.1. The minimum atomic E-state index is -0.999. The number of carboxylic acid groups (broad SMARTS) is 1. The van der Waals surface area contributed by atoms with Gasteiger partial charge in [-0.15, -0.1) is 0 Å². The summed E-state index contributed by atoms with van der Waals surface area (Å²) in [5, 5.41) is 21.0. The van der Waals surface area contributed by atoms with Crippen molar-refractivity contribution >= 4 is 17.8 Å². The zero-order valence-corrected chi connectivity index (χ0v) is 17.2. The highest BCUT2D eigenvalue weighted by Gasteiger charge is 2.40. The largest absolute Gasteiger partial charge is 0.481 e. The van der Waals surface area contributed by atoms with E-state index in [2.05, 4.69) is 5.32 Å². The number of aliphatic carboxylic acids is 1. The quantitative estimate of drug-likeness (QED) is 0.649. The molecule has 3 rings (SSSR count). The van der Waals surface area contributed by atoms with E-state index < -0.39 is 11.9 Å². The van der Waals surface area contributed by atoms with Gasteiger partial charge in [0.25, 0.3) is 5.91 Å². The van der Waals surface area contributed by atoms with Crippen LogP contribution in [0.1, 0.15) is 40.7 Å². The molecule has 7 nitrogen and oxygen atoms in total. The first-order chi connectivity index (χ1) is 15.0. The molecule has 2 amide bonds. The van der Waals surface area contributed by atoms with Crippen LogP contribution in [0.5, 0.6) is 0 Å². The van der Waals surface area contributed by atoms with Gasteiger partial charge in [0.2, 0.25) is 5.91 Å². The highest BCUT2D eigenvalue weighted by molar-refractivity contribution is 5.94. The fourth-order valence-electron chi connectivity index (χ4n) is 3.98. The number of rotatable bonds is 9. The van der Waals surface area contributed by atoms with Gasteiger partial charge in [0.1, 0.15) is 0 Å². The van der Waals surface area contributed by atoms with Gasteiger partial charge in [0.05, 0.1) is 24.0 Å². The second kappa shape index (κ2) is 10.4. The normalized spacial score (nSPS) is 17.9. The van der Waals surface area contributed by atoms with E-state index in [0.717, 1.165) is 12.8 Å². The number of nitrogens with one attached hydrogen (secondary N) is 1. The van der Waals surface area contributed by atoms with Crippen LogP contribution in [0.2, 0.25) is 0 Å². The molecule has 2 N–H and O–H groups in total. The maximum absolute atomic E-state index is 12.8. The number of hydrogen-bond donors (Lipinski definition) is 2. The molecule has 0 saturated carbocycles. The smallest absolute Gasteiger partial charge is 0.304 e. The van der Waals surface area contributed by atoms with Crippen LogP contribution in [0.3, 0.4) is 0 Å².